The molecule has 17 heavy (non-hydrogen) atoms. The topological polar surface area (TPSA) is 57.8 Å². The minimum Gasteiger partial charge on any atom is -0.345 e. The van der Waals surface area contributed by atoms with Gasteiger partial charge in [0, 0.05) is 10.6 Å². The van der Waals surface area contributed by atoms with Crippen molar-refractivity contribution in [3.63, 3.8) is 0 Å². The molecule has 4 nitrogen and oxygen atoms in total. The number of benzene rings is 1. The first-order valence-electron chi connectivity index (χ1n) is 4.97. The van der Waals surface area contributed by atoms with Gasteiger partial charge < -0.3 is 10.3 Å². The Hall–Kier alpha value is -1.52. The zero-order valence-corrected chi connectivity index (χ0v) is 10.1. The highest BCUT2D eigenvalue weighted by Gasteiger charge is 2.24. The normalized spacial score (nSPS) is 13.6. The number of aromatic amines is 1. The lowest BCUT2D eigenvalue weighted by Crippen LogP contribution is -2.14. The number of rotatable bonds is 1. The van der Waals surface area contributed by atoms with Crippen LogP contribution in [-0.4, -0.2) is 15.9 Å². The Morgan fingerprint density at radius 2 is 2.12 bits per heavy atom. The number of nitrogens with zero attached hydrogens (tertiary/aromatic N) is 1. The Morgan fingerprint density at radius 3 is 2.82 bits per heavy atom. The van der Waals surface area contributed by atoms with Gasteiger partial charge in [-0.15, -0.1) is 0 Å². The van der Waals surface area contributed by atoms with Crippen LogP contribution >= 0.6 is 23.2 Å². The maximum Gasteiger partial charge on any atom is 0.272 e. The molecule has 0 fully saturated rings. The molecule has 0 saturated heterocycles. The largest absolute Gasteiger partial charge is 0.345 e. The molecule has 2 N–H and O–H groups in total. The van der Waals surface area contributed by atoms with E-state index in [1.165, 1.54) is 0 Å². The van der Waals surface area contributed by atoms with E-state index in [9.17, 15) is 4.79 Å². The van der Waals surface area contributed by atoms with Crippen molar-refractivity contribution >= 4 is 29.1 Å². The summed E-state index contributed by atoms with van der Waals surface area (Å²) in [5.41, 5.74) is 1.96. The Morgan fingerprint density at radius 1 is 1.29 bits per heavy atom. The molecule has 0 atom stereocenters. The predicted molar refractivity (Wildman–Crippen MR) is 65.2 cm³/mol. The molecule has 0 radical (unpaired) electrons. The lowest BCUT2D eigenvalue weighted by Gasteiger charge is -2.01. The molecule has 0 unspecified atom stereocenters. The van der Waals surface area contributed by atoms with Gasteiger partial charge in [-0.05, 0) is 18.2 Å². The Bertz CT molecular complexity index is 621. The van der Waals surface area contributed by atoms with Crippen molar-refractivity contribution in [1.29, 1.82) is 0 Å². The van der Waals surface area contributed by atoms with Crippen LogP contribution in [0.3, 0.4) is 0 Å². The van der Waals surface area contributed by atoms with Gasteiger partial charge in [-0.25, -0.2) is 4.98 Å². The van der Waals surface area contributed by atoms with Crippen LogP contribution in [0.2, 0.25) is 10.0 Å². The number of hydrogen-bond donors (Lipinski definition) is 2. The van der Waals surface area contributed by atoms with Gasteiger partial charge in [0.2, 0.25) is 0 Å². The van der Waals surface area contributed by atoms with Crippen molar-refractivity contribution in [2.75, 3.05) is 0 Å². The number of carbonyl (C=O) groups excluding carboxylic acids is 1. The Labute approximate surface area is 107 Å². The maximum absolute atomic E-state index is 11.4. The lowest BCUT2D eigenvalue weighted by atomic mass is 10.2. The van der Waals surface area contributed by atoms with Crippen molar-refractivity contribution in [2.45, 2.75) is 6.54 Å². The zero-order valence-electron chi connectivity index (χ0n) is 8.55. The van der Waals surface area contributed by atoms with Crippen LogP contribution in [-0.2, 0) is 6.54 Å². The SMILES string of the molecule is O=C1NCc2[nH]c(-c3ccc(Cl)cc3Cl)nc21. The minimum atomic E-state index is -0.160. The standard InChI is InChI=1S/C11H7Cl2N3O/c12-5-1-2-6(7(13)3-5)10-15-8-4-14-11(17)9(8)16-10/h1-3H,4H2,(H,14,17)(H,15,16). The van der Waals surface area contributed by atoms with Crippen LogP contribution in [0.1, 0.15) is 16.2 Å². The second kappa shape index (κ2) is 3.75. The quantitative estimate of drug-likeness (QED) is 0.835. The van der Waals surface area contributed by atoms with Crippen LogP contribution in [0.4, 0.5) is 0 Å². The molecule has 6 heteroatoms. The Balaban J connectivity index is 2.10. The fraction of sp³-hybridized carbons (Fsp3) is 0.0909. The molecule has 1 aliphatic rings. The summed E-state index contributed by atoms with van der Waals surface area (Å²) in [6, 6.07) is 5.15. The molecule has 0 spiro atoms. The van der Waals surface area contributed by atoms with Gasteiger partial charge in [-0.1, -0.05) is 23.2 Å². The van der Waals surface area contributed by atoms with Gasteiger partial charge >= 0.3 is 0 Å². The lowest BCUT2D eigenvalue weighted by molar-refractivity contribution is 0.0961. The van der Waals surface area contributed by atoms with Crippen LogP contribution < -0.4 is 5.32 Å². The summed E-state index contributed by atoms with van der Waals surface area (Å²) in [7, 11) is 0. The van der Waals surface area contributed by atoms with E-state index in [2.05, 4.69) is 15.3 Å². The first kappa shape index (κ1) is 10.6. The first-order valence-corrected chi connectivity index (χ1v) is 5.73. The molecule has 0 saturated carbocycles. The molecule has 0 aliphatic carbocycles. The molecular weight excluding hydrogens is 261 g/mol. The summed E-state index contributed by atoms with van der Waals surface area (Å²) in [5.74, 6) is 0.430. The number of fused-ring (bicyclic) bond motifs is 1. The molecule has 1 aromatic carbocycles. The van der Waals surface area contributed by atoms with E-state index < -0.39 is 0 Å². The second-order valence-electron chi connectivity index (χ2n) is 3.72. The van der Waals surface area contributed by atoms with Crippen LogP contribution in [0.25, 0.3) is 11.4 Å². The van der Waals surface area contributed by atoms with E-state index in [1.807, 2.05) is 0 Å². The number of amides is 1. The predicted octanol–water partition coefficient (Wildman–Crippen LogP) is 2.63. The van der Waals surface area contributed by atoms with Gasteiger partial charge in [0.25, 0.3) is 5.91 Å². The monoisotopic (exact) mass is 267 g/mol. The average molecular weight is 268 g/mol. The van der Waals surface area contributed by atoms with Crippen LogP contribution in [0.5, 0.6) is 0 Å². The van der Waals surface area contributed by atoms with E-state index >= 15 is 0 Å². The summed E-state index contributed by atoms with van der Waals surface area (Å²) in [4.78, 5) is 18.7. The molecule has 3 rings (SSSR count). The van der Waals surface area contributed by atoms with E-state index in [0.29, 0.717) is 28.1 Å². The van der Waals surface area contributed by atoms with Gasteiger partial charge in [-0.3, -0.25) is 4.79 Å². The highest BCUT2D eigenvalue weighted by atomic mass is 35.5. The second-order valence-corrected chi connectivity index (χ2v) is 4.56. The number of imidazole rings is 1. The van der Waals surface area contributed by atoms with Gasteiger partial charge in [0.1, 0.15) is 5.82 Å². The zero-order chi connectivity index (χ0) is 12.0. The van der Waals surface area contributed by atoms with Crippen molar-refractivity contribution in [3.8, 4) is 11.4 Å². The smallest absolute Gasteiger partial charge is 0.272 e. The van der Waals surface area contributed by atoms with Crippen LogP contribution in [0.15, 0.2) is 18.2 Å². The van der Waals surface area contributed by atoms with E-state index in [0.717, 1.165) is 11.3 Å². The van der Waals surface area contributed by atoms with Crippen molar-refractivity contribution < 1.29 is 4.79 Å². The molecule has 0 bridgehead atoms. The molecule has 86 valence electrons. The summed E-state index contributed by atoms with van der Waals surface area (Å²) < 4.78 is 0. The Kier molecular flexibility index (Phi) is 2.34. The maximum atomic E-state index is 11.4. The summed E-state index contributed by atoms with van der Waals surface area (Å²) in [6.45, 7) is 0.479. The number of halogens is 2. The minimum absolute atomic E-state index is 0.160. The van der Waals surface area contributed by atoms with Gasteiger partial charge in [0.15, 0.2) is 5.69 Å². The van der Waals surface area contributed by atoms with Gasteiger partial charge in [0.05, 0.1) is 17.3 Å². The highest BCUT2D eigenvalue weighted by Crippen LogP contribution is 2.29. The van der Waals surface area contributed by atoms with Crippen molar-refractivity contribution in [3.05, 3.63) is 39.6 Å². The summed E-state index contributed by atoms with van der Waals surface area (Å²) >= 11 is 11.9. The molecule has 2 heterocycles. The van der Waals surface area contributed by atoms with E-state index in [1.54, 1.807) is 18.2 Å². The van der Waals surface area contributed by atoms with Crippen molar-refractivity contribution in [1.82, 2.24) is 15.3 Å². The molecule has 1 aromatic heterocycles. The molecule has 1 amide bonds. The highest BCUT2D eigenvalue weighted by molar-refractivity contribution is 6.36. The number of hydrogen-bond acceptors (Lipinski definition) is 2. The molecule has 1 aliphatic heterocycles. The van der Waals surface area contributed by atoms with Gasteiger partial charge in [-0.2, -0.15) is 0 Å². The van der Waals surface area contributed by atoms with E-state index in [4.69, 9.17) is 23.2 Å². The first-order chi connectivity index (χ1) is 8.15. The number of H-pyrrole nitrogens is 1. The third kappa shape index (κ3) is 1.69. The molecular formula is C11H7Cl2N3O. The summed E-state index contributed by atoms with van der Waals surface area (Å²) in [6.07, 6.45) is 0. The van der Waals surface area contributed by atoms with E-state index in [-0.39, 0.29) is 5.91 Å². The third-order valence-corrected chi connectivity index (χ3v) is 3.15. The number of nitrogens with one attached hydrogen (secondary N) is 2. The fourth-order valence-corrected chi connectivity index (χ4v) is 2.28. The number of carbonyl (C=O) groups is 1. The average Bonchev–Trinajstić information content (AvgIpc) is 2.81. The fourth-order valence-electron chi connectivity index (χ4n) is 1.79. The molecule has 2 aromatic rings. The third-order valence-electron chi connectivity index (χ3n) is 2.61. The van der Waals surface area contributed by atoms with Crippen LogP contribution in [0, 0.1) is 0 Å². The van der Waals surface area contributed by atoms with Crippen molar-refractivity contribution in [2.24, 2.45) is 0 Å². The number of aromatic nitrogens is 2. The summed E-state index contributed by atoms with van der Waals surface area (Å²) in [5, 5.41) is 3.75.